The standard InChI is InChI=1S/C14H19N3OS/c1-9-3-4-11-10(7-9)12-13(15-5-6-18-2)16-8-17-14(12)19-11/h8-9H,3-7H2,1-2H3,(H,15,16,17)/t9-/m1/s1. The maximum Gasteiger partial charge on any atom is 0.138 e. The van der Waals surface area contributed by atoms with E-state index in [1.54, 1.807) is 13.4 Å². The fourth-order valence-corrected chi connectivity index (χ4v) is 3.87. The van der Waals surface area contributed by atoms with Crippen LogP contribution in [0.1, 0.15) is 23.8 Å². The number of thiophene rings is 1. The van der Waals surface area contributed by atoms with Gasteiger partial charge in [-0.15, -0.1) is 11.3 Å². The molecular formula is C14H19N3OS. The molecular weight excluding hydrogens is 258 g/mol. The molecule has 4 nitrogen and oxygen atoms in total. The molecule has 1 atom stereocenters. The molecule has 0 radical (unpaired) electrons. The maximum atomic E-state index is 5.08. The van der Waals surface area contributed by atoms with Crippen molar-refractivity contribution in [2.45, 2.75) is 26.2 Å². The van der Waals surface area contributed by atoms with E-state index in [9.17, 15) is 0 Å². The smallest absolute Gasteiger partial charge is 0.138 e. The van der Waals surface area contributed by atoms with E-state index in [0.29, 0.717) is 6.61 Å². The SMILES string of the molecule is COCCNc1ncnc2sc3c(c12)C[C@H](C)CC3. The third-order valence-corrected chi connectivity index (χ3v) is 4.89. The molecule has 2 heterocycles. The van der Waals surface area contributed by atoms with Gasteiger partial charge in [-0.25, -0.2) is 9.97 Å². The molecule has 1 aliphatic rings. The Hall–Kier alpha value is -1.20. The predicted molar refractivity (Wildman–Crippen MR) is 79.0 cm³/mol. The molecule has 0 aromatic carbocycles. The lowest BCUT2D eigenvalue weighted by atomic mass is 9.88. The van der Waals surface area contributed by atoms with Crippen molar-refractivity contribution in [1.29, 1.82) is 0 Å². The maximum absolute atomic E-state index is 5.08. The predicted octanol–water partition coefficient (Wildman–Crippen LogP) is 2.87. The molecule has 0 bridgehead atoms. The molecule has 1 N–H and O–H groups in total. The highest BCUT2D eigenvalue weighted by Gasteiger charge is 2.22. The first-order valence-corrected chi connectivity index (χ1v) is 7.59. The Kier molecular flexibility index (Phi) is 3.66. The van der Waals surface area contributed by atoms with Gasteiger partial charge in [-0.05, 0) is 30.7 Å². The van der Waals surface area contributed by atoms with E-state index >= 15 is 0 Å². The number of nitrogens with one attached hydrogen (secondary N) is 1. The first-order valence-electron chi connectivity index (χ1n) is 6.77. The van der Waals surface area contributed by atoms with Crippen LogP contribution in [0, 0.1) is 5.92 Å². The molecule has 102 valence electrons. The molecule has 0 unspecified atom stereocenters. The summed E-state index contributed by atoms with van der Waals surface area (Å²) in [5.41, 5.74) is 1.47. The zero-order valence-corrected chi connectivity index (χ0v) is 12.2. The lowest BCUT2D eigenvalue weighted by Crippen LogP contribution is -2.11. The second-order valence-corrected chi connectivity index (χ2v) is 6.26. The Morgan fingerprint density at radius 3 is 3.21 bits per heavy atom. The van der Waals surface area contributed by atoms with Crippen molar-refractivity contribution in [1.82, 2.24) is 9.97 Å². The molecule has 0 amide bonds. The van der Waals surface area contributed by atoms with Crippen LogP contribution >= 0.6 is 11.3 Å². The first-order chi connectivity index (χ1) is 9.29. The zero-order chi connectivity index (χ0) is 13.2. The van der Waals surface area contributed by atoms with Crippen LogP contribution in [0.5, 0.6) is 0 Å². The van der Waals surface area contributed by atoms with Crippen LogP contribution in [-0.4, -0.2) is 30.2 Å². The zero-order valence-electron chi connectivity index (χ0n) is 11.4. The van der Waals surface area contributed by atoms with Crippen molar-refractivity contribution in [3.8, 4) is 0 Å². The molecule has 2 aromatic rings. The Morgan fingerprint density at radius 1 is 1.47 bits per heavy atom. The van der Waals surface area contributed by atoms with Gasteiger partial charge in [0, 0.05) is 18.5 Å². The second-order valence-electron chi connectivity index (χ2n) is 5.17. The molecule has 0 spiro atoms. The van der Waals surface area contributed by atoms with Crippen molar-refractivity contribution in [2.24, 2.45) is 5.92 Å². The lowest BCUT2D eigenvalue weighted by molar-refractivity contribution is 0.210. The molecule has 1 aliphatic carbocycles. The minimum Gasteiger partial charge on any atom is -0.383 e. The lowest BCUT2D eigenvalue weighted by Gasteiger charge is -2.18. The van der Waals surface area contributed by atoms with Crippen LogP contribution in [0.15, 0.2) is 6.33 Å². The Morgan fingerprint density at radius 2 is 2.37 bits per heavy atom. The van der Waals surface area contributed by atoms with E-state index in [2.05, 4.69) is 22.2 Å². The second kappa shape index (κ2) is 5.43. The third kappa shape index (κ3) is 2.44. The molecule has 19 heavy (non-hydrogen) atoms. The van der Waals surface area contributed by atoms with Crippen LogP contribution in [0.25, 0.3) is 10.2 Å². The van der Waals surface area contributed by atoms with E-state index < -0.39 is 0 Å². The van der Waals surface area contributed by atoms with E-state index in [1.165, 1.54) is 28.7 Å². The highest BCUT2D eigenvalue weighted by atomic mass is 32.1. The van der Waals surface area contributed by atoms with Gasteiger partial charge in [-0.2, -0.15) is 0 Å². The Bertz CT molecular complexity index is 581. The van der Waals surface area contributed by atoms with Crippen molar-refractivity contribution < 1.29 is 4.74 Å². The molecule has 5 heteroatoms. The van der Waals surface area contributed by atoms with Crippen molar-refractivity contribution in [2.75, 3.05) is 25.6 Å². The quantitative estimate of drug-likeness (QED) is 0.873. The normalized spacial score (nSPS) is 18.5. The number of rotatable bonds is 4. The summed E-state index contributed by atoms with van der Waals surface area (Å²) in [6.45, 7) is 3.80. The molecule has 0 aliphatic heterocycles. The number of anilines is 1. The van der Waals surface area contributed by atoms with Gasteiger partial charge in [-0.1, -0.05) is 6.92 Å². The summed E-state index contributed by atoms with van der Waals surface area (Å²) >= 11 is 1.83. The van der Waals surface area contributed by atoms with Crippen molar-refractivity contribution in [3.63, 3.8) is 0 Å². The van der Waals surface area contributed by atoms with E-state index in [-0.39, 0.29) is 0 Å². The average Bonchev–Trinajstić information content (AvgIpc) is 2.78. The monoisotopic (exact) mass is 277 g/mol. The minimum absolute atomic E-state index is 0.689. The topological polar surface area (TPSA) is 47.0 Å². The fraction of sp³-hybridized carbons (Fsp3) is 0.571. The van der Waals surface area contributed by atoms with Gasteiger partial charge in [0.05, 0.1) is 12.0 Å². The van der Waals surface area contributed by atoms with Gasteiger partial charge in [-0.3, -0.25) is 0 Å². The number of fused-ring (bicyclic) bond motifs is 3. The highest BCUT2D eigenvalue weighted by molar-refractivity contribution is 7.19. The first kappa shape index (κ1) is 12.8. The number of aromatic nitrogens is 2. The number of nitrogens with zero attached hydrogens (tertiary/aromatic N) is 2. The number of aryl methyl sites for hydroxylation is 1. The summed E-state index contributed by atoms with van der Waals surface area (Å²) in [5.74, 6) is 1.73. The summed E-state index contributed by atoms with van der Waals surface area (Å²) in [6, 6.07) is 0. The summed E-state index contributed by atoms with van der Waals surface area (Å²) in [4.78, 5) is 11.5. The summed E-state index contributed by atoms with van der Waals surface area (Å²) in [7, 11) is 1.71. The van der Waals surface area contributed by atoms with Gasteiger partial charge >= 0.3 is 0 Å². The average molecular weight is 277 g/mol. The molecule has 2 aromatic heterocycles. The van der Waals surface area contributed by atoms with Crippen LogP contribution in [0.3, 0.4) is 0 Å². The number of methoxy groups -OCH3 is 1. The van der Waals surface area contributed by atoms with E-state index in [4.69, 9.17) is 4.74 Å². The van der Waals surface area contributed by atoms with Gasteiger partial charge in [0.2, 0.25) is 0 Å². The van der Waals surface area contributed by atoms with Gasteiger partial charge < -0.3 is 10.1 Å². The minimum atomic E-state index is 0.689. The van der Waals surface area contributed by atoms with Gasteiger partial charge in [0.15, 0.2) is 0 Å². The van der Waals surface area contributed by atoms with E-state index in [1.807, 2.05) is 11.3 Å². The van der Waals surface area contributed by atoms with Gasteiger partial charge in [0.25, 0.3) is 0 Å². The summed E-state index contributed by atoms with van der Waals surface area (Å²) in [5, 5.41) is 4.61. The Labute approximate surface area is 117 Å². The number of hydrogen-bond acceptors (Lipinski definition) is 5. The number of ether oxygens (including phenoxy) is 1. The summed E-state index contributed by atoms with van der Waals surface area (Å²) in [6.07, 6.45) is 5.29. The summed E-state index contributed by atoms with van der Waals surface area (Å²) < 4.78 is 5.08. The molecule has 0 saturated carbocycles. The fourth-order valence-electron chi connectivity index (χ4n) is 2.69. The van der Waals surface area contributed by atoms with Crippen molar-refractivity contribution >= 4 is 27.4 Å². The van der Waals surface area contributed by atoms with E-state index in [0.717, 1.165) is 29.5 Å². The van der Waals surface area contributed by atoms with Crippen LogP contribution in [-0.2, 0) is 17.6 Å². The molecule has 0 saturated heterocycles. The highest BCUT2D eigenvalue weighted by Crippen LogP contribution is 2.39. The largest absolute Gasteiger partial charge is 0.383 e. The van der Waals surface area contributed by atoms with Crippen LogP contribution in [0.2, 0.25) is 0 Å². The Balaban J connectivity index is 2.00. The van der Waals surface area contributed by atoms with Gasteiger partial charge in [0.1, 0.15) is 17.0 Å². The third-order valence-electron chi connectivity index (χ3n) is 3.69. The van der Waals surface area contributed by atoms with Crippen LogP contribution in [0.4, 0.5) is 5.82 Å². The number of hydrogen-bond donors (Lipinski definition) is 1. The van der Waals surface area contributed by atoms with Crippen molar-refractivity contribution in [3.05, 3.63) is 16.8 Å². The molecule has 0 fully saturated rings. The molecule has 3 rings (SSSR count). The van der Waals surface area contributed by atoms with Crippen LogP contribution < -0.4 is 5.32 Å².